The maximum atomic E-state index is 11.5. The largest absolute Gasteiger partial charge is 0.465 e. The van der Waals surface area contributed by atoms with E-state index in [0.717, 1.165) is 10.6 Å². The van der Waals surface area contributed by atoms with Gasteiger partial charge in [-0.25, -0.2) is 13.2 Å². The summed E-state index contributed by atoms with van der Waals surface area (Å²) in [7, 11) is -2.19. The van der Waals surface area contributed by atoms with Crippen LogP contribution >= 0.6 is 0 Å². The number of sulfonamides is 1. The van der Waals surface area contributed by atoms with Crippen LogP contribution in [0.1, 0.15) is 10.4 Å². The van der Waals surface area contributed by atoms with Crippen molar-refractivity contribution in [2.24, 2.45) is 0 Å². The molecule has 0 spiro atoms. The number of benzene rings is 1. The van der Waals surface area contributed by atoms with Gasteiger partial charge in [-0.3, -0.25) is 4.31 Å². The third-order valence-electron chi connectivity index (χ3n) is 2.28. The van der Waals surface area contributed by atoms with Crippen LogP contribution in [-0.4, -0.2) is 46.0 Å². The Morgan fingerprint density at radius 1 is 1.33 bits per heavy atom. The smallest absolute Gasteiger partial charge is 0.337 e. The van der Waals surface area contributed by atoms with Crippen molar-refractivity contribution < 1.29 is 23.1 Å². The van der Waals surface area contributed by atoms with Crippen molar-refractivity contribution in [3.63, 3.8) is 0 Å². The molecule has 0 saturated carbocycles. The molecule has 0 fully saturated rings. The third kappa shape index (κ3) is 3.44. The van der Waals surface area contributed by atoms with Crippen molar-refractivity contribution in [2.45, 2.75) is 0 Å². The number of hydrogen-bond donors (Lipinski definition) is 1. The van der Waals surface area contributed by atoms with Gasteiger partial charge >= 0.3 is 5.97 Å². The molecule has 0 atom stereocenters. The zero-order chi connectivity index (χ0) is 13.8. The molecule has 0 aliphatic heterocycles. The van der Waals surface area contributed by atoms with Gasteiger partial charge in [-0.2, -0.15) is 0 Å². The highest BCUT2D eigenvalue weighted by atomic mass is 32.2. The van der Waals surface area contributed by atoms with Gasteiger partial charge in [0.1, 0.15) is 0 Å². The number of carbonyl (C=O) groups is 1. The highest BCUT2D eigenvalue weighted by molar-refractivity contribution is 7.92. The first-order chi connectivity index (χ1) is 8.40. The topological polar surface area (TPSA) is 83.9 Å². The second kappa shape index (κ2) is 5.83. The lowest BCUT2D eigenvalue weighted by atomic mass is 10.2. The van der Waals surface area contributed by atoms with Gasteiger partial charge < -0.3 is 9.84 Å². The third-order valence-corrected chi connectivity index (χ3v) is 3.47. The van der Waals surface area contributed by atoms with E-state index in [1.807, 2.05) is 0 Å². The SMILES string of the molecule is COC(=O)c1ccc(N(CCO)S(C)(=O)=O)cc1. The average Bonchev–Trinajstić information content (AvgIpc) is 2.34. The number of ether oxygens (including phenoxy) is 1. The van der Waals surface area contributed by atoms with E-state index < -0.39 is 16.0 Å². The van der Waals surface area contributed by atoms with E-state index in [1.165, 1.54) is 31.4 Å². The number of rotatable bonds is 5. The second-order valence-corrected chi connectivity index (χ2v) is 5.50. The summed E-state index contributed by atoms with van der Waals surface area (Å²) in [6, 6.07) is 5.92. The van der Waals surface area contributed by atoms with Gasteiger partial charge in [0.15, 0.2) is 0 Å². The predicted octanol–water partition coefficient (Wildman–Crippen LogP) is 0.232. The molecular formula is C11H15NO5S. The Morgan fingerprint density at radius 3 is 2.28 bits per heavy atom. The minimum absolute atomic E-state index is 0.0313. The number of nitrogens with zero attached hydrogens (tertiary/aromatic N) is 1. The Morgan fingerprint density at radius 2 is 1.89 bits per heavy atom. The number of aliphatic hydroxyl groups excluding tert-OH is 1. The monoisotopic (exact) mass is 273 g/mol. The van der Waals surface area contributed by atoms with E-state index in [9.17, 15) is 13.2 Å². The average molecular weight is 273 g/mol. The van der Waals surface area contributed by atoms with Crippen molar-refractivity contribution in [3.05, 3.63) is 29.8 Å². The van der Waals surface area contributed by atoms with Crippen LogP contribution < -0.4 is 4.31 Å². The summed E-state index contributed by atoms with van der Waals surface area (Å²) in [6.45, 7) is -0.317. The van der Waals surface area contributed by atoms with E-state index in [-0.39, 0.29) is 13.2 Å². The molecule has 7 heteroatoms. The number of hydrogen-bond acceptors (Lipinski definition) is 5. The Balaban J connectivity index is 3.05. The summed E-state index contributed by atoms with van der Waals surface area (Å²) in [6.07, 6.45) is 1.05. The van der Waals surface area contributed by atoms with Crippen molar-refractivity contribution in [1.82, 2.24) is 0 Å². The lowest BCUT2D eigenvalue weighted by Crippen LogP contribution is -2.32. The lowest BCUT2D eigenvalue weighted by Gasteiger charge is -2.21. The van der Waals surface area contributed by atoms with Gasteiger partial charge in [0.25, 0.3) is 0 Å². The molecule has 0 heterocycles. The Hall–Kier alpha value is -1.60. The molecule has 100 valence electrons. The Kier molecular flexibility index (Phi) is 4.69. The molecule has 0 aromatic heterocycles. The van der Waals surface area contributed by atoms with Crippen LogP contribution in [-0.2, 0) is 14.8 Å². The van der Waals surface area contributed by atoms with Crippen LogP contribution in [0.4, 0.5) is 5.69 Å². The quantitative estimate of drug-likeness (QED) is 0.776. The molecule has 0 aliphatic carbocycles. The molecule has 0 aliphatic rings. The van der Waals surface area contributed by atoms with Gasteiger partial charge in [-0.05, 0) is 24.3 Å². The fraction of sp³-hybridized carbons (Fsp3) is 0.364. The fourth-order valence-corrected chi connectivity index (χ4v) is 2.38. The minimum atomic E-state index is -3.46. The van der Waals surface area contributed by atoms with Gasteiger partial charge in [-0.15, -0.1) is 0 Å². The van der Waals surface area contributed by atoms with Crippen molar-refractivity contribution in [2.75, 3.05) is 30.8 Å². The Labute approximate surface area is 106 Å². The van der Waals surface area contributed by atoms with E-state index in [0.29, 0.717) is 11.3 Å². The minimum Gasteiger partial charge on any atom is -0.465 e. The van der Waals surface area contributed by atoms with Crippen LogP contribution in [0.3, 0.4) is 0 Å². The Bertz CT molecular complexity index is 509. The highest BCUT2D eigenvalue weighted by Gasteiger charge is 2.17. The molecule has 0 radical (unpaired) electrons. The number of aliphatic hydroxyl groups is 1. The maximum Gasteiger partial charge on any atom is 0.337 e. The summed E-state index contributed by atoms with van der Waals surface area (Å²) < 4.78 is 28.6. The first kappa shape index (κ1) is 14.5. The van der Waals surface area contributed by atoms with Crippen LogP contribution in [0.15, 0.2) is 24.3 Å². The summed E-state index contributed by atoms with van der Waals surface area (Å²) in [4.78, 5) is 11.2. The molecule has 0 amide bonds. The molecule has 6 nitrogen and oxygen atoms in total. The van der Waals surface area contributed by atoms with E-state index in [2.05, 4.69) is 4.74 Å². The van der Waals surface area contributed by atoms with Gasteiger partial charge in [0.2, 0.25) is 10.0 Å². The number of esters is 1. The number of anilines is 1. The molecule has 18 heavy (non-hydrogen) atoms. The fourth-order valence-electron chi connectivity index (χ4n) is 1.46. The summed E-state index contributed by atoms with van der Waals surface area (Å²) in [5.74, 6) is -0.491. The number of carbonyl (C=O) groups excluding carboxylic acids is 1. The number of methoxy groups -OCH3 is 1. The highest BCUT2D eigenvalue weighted by Crippen LogP contribution is 2.18. The van der Waals surface area contributed by atoms with E-state index in [4.69, 9.17) is 5.11 Å². The summed E-state index contributed by atoms with van der Waals surface area (Å²) in [5, 5.41) is 8.86. The van der Waals surface area contributed by atoms with Gasteiger partial charge in [-0.1, -0.05) is 0 Å². The van der Waals surface area contributed by atoms with Crippen molar-refractivity contribution in [3.8, 4) is 0 Å². The molecule has 1 aromatic carbocycles. The first-order valence-corrected chi connectivity index (χ1v) is 7.02. The van der Waals surface area contributed by atoms with Crippen LogP contribution in [0, 0.1) is 0 Å². The zero-order valence-electron chi connectivity index (χ0n) is 10.2. The maximum absolute atomic E-state index is 11.5. The van der Waals surface area contributed by atoms with Crippen molar-refractivity contribution >= 4 is 21.7 Å². The molecule has 0 unspecified atom stereocenters. The lowest BCUT2D eigenvalue weighted by molar-refractivity contribution is 0.0600. The van der Waals surface area contributed by atoms with Crippen LogP contribution in [0.5, 0.6) is 0 Å². The van der Waals surface area contributed by atoms with E-state index >= 15 is 0 Å². The molecule has 1 N–H and O–H groups in total. The summed E-state index contributed by atoms with van der Waals surface area (Å²) >= 11 is 0. The van der Waals surface area contributed by atoms with Gasteiger partial charge in [0.05, 0.1) is 37.8 Å². The molecule has 0 bridgehead atoms. The molecular weight excluding hydrogens is 258 g/mol. The van der Waals surface area contributed by atoms with Crippen LogP contribution in [0.25, 0.3) is 0 Å². The normalized spacial score (nSPS) is 11.1. The molecule has 0 saturated heterocycles. The van der Waals surface area contributed by atoms with Crippen molar-refractivity contribution in [1.29, 1.82) is 0 Å². The van der Waals surface area contributed by atoms with E-state index in [1.54, 1.807) is 0 Å². The second-order valence-electron chi connectivity index (χ2n) is 3.60. The predicted molar refractivity (Wildman–Crippen MR) is 67.1 cm³/mol. The zero-order valence-corrected chi connectivity index (χ0v) is 11.0. The summed E-state index contributed by atoms with van der Waals surface area (Å²) in [5.41, 5.74) is 0.720. The van der Waals surface area contributed by atoms with Crippen LogP contribution in [0.2, 0.25) is 0 Å². The molecule has 1 aromatic rings. The first-order valence-electron chi connectivity index (χ1n) is 5.17. The standard InChI is InChI=1S/C11H15NO5S/c1-17-11(14)9-3-5-10(6-4-9)12(7-8-13)18(2,15)16/h3-6,13H,7-8H2,1-2H3. The van der Waals surface area contributed by atoms with Gasteiger partial charge in [0, 0.05) is 0 Å². The molecule has 1 rings (SSSR count).